The van der Waals surface area contributed by atoms with E-state index in [0.717, 1.165) is 47.1 Å². The molecule has 1 aliphatic heterocycles. The fourth-order valence-electron chi connectivity index (χ4n) is 3.33. The Morgan fingerprint density at radius 1 is 1.45 bits per heavy atom. The van der Waals surface area contributed by atoms with Crippen molar-refractivity contribution in [3.8, 4) is 0 Å². The van der Waals surface area contributed by atoms with E-state index in [9.17, 15) is 14.9 Å². The van der Waals surface area contributed by atoms with Crippen molar-refractivity contribution in [2.24, 2.45) is 0 Å². The van der Waals surface area contributed by atoms with Gasteiger partial charge < -0.3 is 9.30 Å². The number of aryl methyl sites for hydroxylation is 2. The quantitative estimate of drug-likeness (QED) is 0.494. The van der Waals surface area contributed by atoms with Crippen LogP contribution in [0.4, 0.5) is 5.69 Å². The van der Waals surface area contributed by atoms with Crippen LogP contribution in [-0.2, 0) is 28.9 Å². The number of ether oxygens (including phenoxy) is 1. The molecule has 0 radical (unpaired) electrons. The van der Waals surface area contributed by atoms with Gasteiger partial charge in [0.25, 0.3) is 5.69 Å². The van der Waals surface area contributed by atoms with Gasteiger partial charge in [-0.1, -0.05) is 0 Å². The maximum Gasteiger partial charge on any atom is 0.310 e. The molecule has 2 heterocycles. The lowest BCUT2D eigenvalue weighted by atomic mass is 10.0. The first-order valence-electron chi connectivity index (χ1n) is 7.47. The summed E-state index contributed by atoms with van der Waals surface area (Å²) in [6, 6.07) is 3.24. The average molecular weight is 302 g/mol. The standard InChI is InChI=1S/C16H18N2O4/c1-3-22-15(19)9-13-10(2)17-6-4-5-11-7-12(18(20)21)8-14(13)16(11)17/h7-8H,3-6,9H2,1-2H3. The van der Waals surface area contributed by atoms with Gasteiger partial charge in [0.05, 0.1) is 23.5 Å². The Morgan fingerprint density at radius 3 is 2.91 bits per heavy atom. The number of rotatable bonds is 4. The Labute approximate surface area is 127 Å². The second kappa shape index (κ2) is 5.44. The predicted octanol–water partition coefficient (Wildman–Crippen LogP) is 2.91. The molecule has 0 spiro atoms. The predicted molar refractivity (Wildman–Crippen MR) is 82.0 cm³/mol. The molecule has 116 valence electrons. The maximum absolute atomic E-state index is 11.9. The summed E-state index contributed by atoms with van der Waals surface area (Å²) < 4.78 is 7.21. The third-order valence-electron chi connectivity index (χ3n) is 4.28. The van der Waals surface area contributed by atoms with Crippen LogP contribution in [0.15, 0.2) is 12.1 Å². The molecule has 0 bridgehead atoms. The van der Waals surface area contributed by atoms with Crippen LogP contribution >= 0.6 is 0 Å². The van der Waals surface area contributed by atoms with Gasteiger partial charge in [-0.2, -0.15) is 0 Å². The zero-order chi connectivity index (χ0) is 15.9. The maximum atomic E-state index is 11.9. The number of non-ortho nitro benzene ring substituents is 1. The van der Waals surface area contributed by atoms with Crippen molar-refractivity contribution in [2.45, 2.75) is 39.7 Å². The normalized spacial score (nSPS) is 13.4. The van der Waals surface area contributed by atoms with E-state index in [2.05, 4.69) is 4.57 Å². The Morgan fingerprint density at radius 2 is 2.23 bits per heavy atom. The molecule has 0 unspecified atom stereocenters. The lowest BCUT2D eigenvalue weighted by Gasteiger charge is -2.16. The van der Waals surface area contributed by atoms with E-state index in [1.165, 1.54) is 0 Å². The number of nitrogens with zero attached hydrogens (tertiary/aromatic N) is 2. The fraction of sp³-hybridized carbons (Fsp3) is 0.438. The van der Waals surface area contributed by atoms with E-state index < -0.39 is 0 Å². The molecule has 0 atom stereocenters. The minimum atomic E-state index is -0.370. The van der Waals surface area contributed by atoms with Gasteiger partial charge in [-0.3, -0.25) is 14.9 Å². The molecular formula is C16H18N2O4. The zero-order valence-electron chi connectivity index (χ0n) is 12.7. The van der Waals surface area contributed by atoms with Crippen LogP contribution < -0.4 is 0 Å². The summed E-state index contributed by atoms with van der Waals surface area (Å²) in [6.07, 6.45) is 1.95. The first-order valence-corrected chi connectivity index (χ1v) is 7.47. The number of nitro benzene ring substituents is 1. The third kappa shape index (κ3) is 2.24. The highest BCUT2D eigenvalue weighted by Gasteiger charge is 2.24. The molecule has 22 heavy (non-hydrogen) atoms. The zero-order valence-corrected chi connectivity index (χ0v) is 12.7. The number of carbonyl (C=O) groups excluding carboxylic acids is 1. The number of hydrogen-bond donors (Lipinski definition) is 0. The van der Waals surface area contributed by atoms with E-state index in [1.807, 2.05) is 6.92 Å². The monoisotopic (exact) mass is 302 g/mol. The second-order valence-electron chi connectivity index (χ2n) is 5.56. The fourth-order valence-corrected chi connectivity index (χ4v) is 3.33. The minimum absolute atomic E-state index is 0.0895. The molecule has 3 rings (SSSR count). The summed E-state index contributed by atoms with van der Waals surface area (Å²) in [7, 11) is 0. The highest BCUT2D eigenvalue weighted by molar-refractivity contribution is 5.93. The number of esters is 1. The lowest BCUT2D eigenvalue weighted by molar-refractivity contribution is -0.384. The Balaban J connectivity index is 2.21. The number of benzene rings is 1. The highest BCUT2D eigenvalue weighted by Crippen LogP contribution is 2.36. The van der Waals surface area contributed by atoms with E-state index in [4.69, 9.17) is 4.74 Å². The van der Waals surface area contributed by atoms with Gasteiger partial charge in [0.2, 0.25) is 0 Å². The number of aromatic nitrogens is 1. The molecule has 0 aliphatic carbocycles. The van der Waals surface area contributed by atoms with Crippen LogP contribution in [0.3, 0.4) is 0 Å². The van der Waals surface area contributed by atoms with Crippen molar-refractivity contribution in [1.29, 1.82) is 0 Å². The van der Waals surface area contributed by atoms with Crippen LogP contribution in [0.1, 0.15) is 30.2 Å². The lowest BCUT2D eigenvalue weighted by Crippen LogP contribution is -2.10. The van der Waals surface area contributed by atoms with Crippen LogP contribution in [0, 0.1) is 17.0 Å². The highest BCUT2D eigenvalue weighted by atomic mass is 16.6. The SMILES string of the molecule is CCOC(=O)Cc1c(C)n2c3c(cc([N+](=O)[O-])cc13)CCC2. The van der Waals surface area contributed by atoms with Crippen molar-refractivity contribution in [1.82, 2.24) is 4.57 Å². The Hall–Kier alpha value is -2.37. The first-order chi connectivity index (χ1) is 10.5. The minimum Gasteiger partial charge on any atom is -0.466 e. The largest absolute Gasteiger partial charge is 0.466 e. The van der Waals surface area contributed by atoms with E-state index >= 15 is 0 Å². The molecule has 1 aromatic carbocycles. The van der Waals surface area contributed by atoms with Crippen molar-refractivity contribution in [3.63, 3.8) is 0 Å². The molecule has 6 heteroatoms. The van der Waals surface area contributed by atoms with Crippen LogP contribution in [0.2, 0.25) is 0 Å². The van der Waals surface area contributed by atoms with E-state index in [1.54, 1.807) is 19.1 Å². The van der Waals surface area contributed by atoms with Crippen molar-refractivity contribution in [3.05, 3.63) is 39.1 Å². The molecule has 0 N–H and O–H groups in total. The molecule has 1 aromatic heterocycles. The van der Waals surface area contributed by atoms with Crippen molar-refractivity contribution < 1.29 is 14.5 Å². The molecule has 0 saturated heterocycles. The Kier molecular flexibility index (Phi) is 3.60. The van der Waals surface area contributed by atoms with Gasteiger partial charge in [0, 0.05) is 29.8 Å². The number of nitro groups is 1. The number of hydrogen-bond acceptors (Lipinski definition) is 4. The van der Waals surface area contributed by atoms with Gasteiger partial charge in [-0.25, -0.2) is 0 Å². The van der Waals surface area contributed by atoms with Gasteiger partial charge in [-0.05, 0) is 37.8 Å². The summed E-state index contributed by atoms with van der Waals surface area (Å²) in [5.74, 6) is -0.294. The molecule has 0 saturated carbocycles. The Bertz CT molecular complexity index is 776. The topological polar surface area (TPSA) is 74.4 Å². The summed E-state index contributed by atoms with van der Waals surface area (Å²) in [6.45, 7) is 4.96. The van der Waals surface area contributed by atoms with Crippen molar-refractivity contribution in [2.75, 3.05) is 6.61 Å². The van der Waals surface area contributed by atoms with Gasteiger partial charge in [0.1, 0.15) is 0 Å². The summed E-state index contributed by atoms with van der Waals surface area (Å²) in [4.78, 5) is 22.7. The molecule has 0 amide bonds. The van der Waals surface area contributed by atoms with E-state index in [0.29, 0.717) is 6.61 Å². The van der Waals surface area contributed by atoms with Gasteiger partial charge in [-0.15, -0.1) is 0 Å². The van der Waals surface area contributed by atoms with Gasteiger partial charge in [0.15, 0.2) is 0 Å². The molecular weight excluding hydrogens is 284 g/mol. The molecule has 2 aromatic rings. The van der Waals surface area contributed by atoms with Gasteiger partial charge >= 0.3 is 5.97 Å². The summed E-state index contributed by atoms with van der Waals surface area (Å²) in [5, 5.41) is 12.0. The van der Waals surface area contributed by atoms with Crippen LogP contribution in [0.5, 0.6) is 0 Å². The third-order valence-corrected chi connectivity index (χ3v) is 4.28. The van der Waals surface area contributed by atoms with Crippen LogP contribution in [-0.4, -0.2) is 22.1 Å². The molecule has 6 nitrogen and oxygen atoms in total. The smallest absolute Gasteiger partial charge is 0.310 e. The molecule has 0 fully saturated rings. The first kappa shape index (κ1) is 14.6. The van der Waals surface area contributed by atoms with Crippen LogP contribution in [0.25, 0.3) is 10.9 Å². The average Bonchev–Trinajstić information content (AvgIpc) is 2.75. The second-order valence-corrected chi connectivity index (χ2v) is 5.56. The molecule has 1 aliphatic rings. The van der Waals surface area contributed by atoms with E-state index in [-0.39, 0.29) is 23.0 Å². The van der Waals surface area contributed by atoms with Crippen molar-refractivity contribution >= 4 is 22.6 Å². The summed E-state index contributed by atoms with van der Waals surface area (Å²) >= 11 is 0. The number of carbonyl (C=O) groups is 1. The summed E-state index contributed by atoms with van der Waals surface area (Å²) in [5.41, 5.74) is 3.97.